The van der Waals surface area contributed by atoms with Crippen molar-refractivity contribution in [1.29, 1.82) is 0 Å². The van der Waals surface area contributed by atoms with Gasteiger partial charge in [0.15, 0.2) is 0 Å². The molecule has 28 heavy (non-hydrogen) atoms. The fraction of sp³-hybridized carbons (Fsp3) is 0.792. The summed E-state index contributed by atoms with van der Waals surface area (Å²) in [5.41, 5.74) is 1.49. The van der Waals surface area contributed by atoms with Crippen LogP contribution in [-0.2, 0) is 4.79 Å². The molecule has 1 fully saturated rings. The quantitative estimate of drug-likeness (QED) is 0.339. The molecule has 1 amide bonds. The van der Waals surface area contributed by atoms with Crippen molar-refractivity contribution >= 4 is 5.91 Å². The van der Waals surface area contributed by atoms with E-state index in [1.54, 1.807) is 0 Å². The molecule has 0 aromatic rings. The predicted octanol–water partition coefficient (Wildman–Crippen LogP) is 4.51. The van der Waals surface area contributed by atoms with Crippen LogP contribution in [0.4, 0.5) is 0 Å². The van der Waals surface area contributed by atoms with E-state index in [0.717, 1.165) is 51.4 Å². The minimum atomic E-state index is -0.386. The molecule has 0 bridgehead atoms. The summed E-state index contributed by atoms with van der Waals surface area (Å²) < 4.78 is 0. The van der Waals surface area contributed by atoms with Crippen molar-refractivity contribution in [3.8, 4) is 0 Å². The molecular weight excluding hydrogens is 350 g/mol. The van der Waals surface area contributed by atoms with Gasteiger partial charge in [-0.2, -0.15) is 0 Å². The molecule has 4 heteroatoms. The van der Waals surface area contributed by atoms with Crippen LogP contribution in [0.15, 0.2) is 23.8 Å². The SMILES string of the molecule is CCCCC[C@H](O)/C=C/[C@@H]1[C@H]2CC(CCCCC(=O)NC(C)C)=C[C@H]2C[C@H]1O. The van der Waals surface area contributed by atoms with E-state index in [4.69, 9.17) is 0 Å². The van der Waals surface area contributed by atoms with Crippen molar-refractivity contribution in [2.24, 2.45) is 17.8 Å². The number of aliphatic hydroxyl groups excluding tert-OH is 2. The molecule has 5 atom stereocenters. The lowest BCUT2D eigenvalue weighted by atomic mass is 9.88. The Morgan fingerprint density at radius 3 is 2.79 bits per heavy atom. The first-order valence-corrected chi connectivity index (χ1v) is 11.4. The van der Waals surface area contributed by atoms with E-state index in [1.165, 1.54) is 12.0 Å². The summed E-state index contributed by atoms with van der Waals surface area (Å²) in [5, 5.41) is 23.5. The first-order chi connectivity index (χ1) is 13.4. The lowest BCUT2D eigenvalue weighted by molar-refractivity contribution is -0.121. The first-order valence-electron chi connectivity index (χ1n) is 11.4. The maximum atomic E-state index is 11.7. The molecule has 1 saturated carbocycles. The van der Waals surface area contributed by atoms with Gasteiger partial charge in [-0.15, -0.1) is 0 Å². The van der Waals surface area contributed by atoms with E-state index in [2.05, 4.69) is 24.4 Å². The number of nitrogens with one attached hydrogen (secondary N) is 1. The summed E-state index contributed by atoms with van der Waals surface area (Å²) in [6.45, 7) is 6.15. The van der Waals surface area contributed by atoms with Crippen LogP contribution in [-0.4, -0.2) is 34.4 Å². The number of aliphatic hydroxyl groups is 2. The molecule has 3 N–H and O–H groups in total. The second-order valence-electron chi connectivity index (χ2n) is 9.11. The van der Waals surface area contributed by atoms with Crippen LogP contribution >= 0.6 is 0 Å². The van der Waals surface area contributed by atoms with Crippen molar-refractivity contribution < 1.29 is 15.0 Å². The van der Waals surface area contributed by atoms with Crippen molar-refractivity contribution in [1.82, 2.24) is 5.32 Å². The number of carbonyl (C=O) groups excluding carboxylic acids is 1. The summed E-state index contributed by atoms with van der Waals surface area (Å²) in [7, 11) is 0. The number of fused-ring (bicyclic) bond motifs is 1. The Labute approximate surface area is 171 Å². The number of hydrogen-bond donors (Lipinski definition) is 3. The third-order valence-corrected chi connectivity index (χ3v) is 6.21. The maximum Gasteiger partial charge on any atom is 0.220 e. The summed E-state index contributed by atoms with van der Waals surface area (Å²) >= 11 is 0. The molecule has 0 heterocycles. The van der Waals surface area contributed by atoms with Crippen molar-refractivity contribution in [2.75, 3.05) is 0 Å². The van der Waals surface area contributed by atoms with E-state index < -0.39 is 0 Å². The van der Waals surface area contributed by atoms with Gasteiger partial charge in [-0.05, 0) is 64.2 Å². The van der Waals surface area contributed by atoms with Gasteiger partial charge >= 0.3 is 0 Å². The average Bonchev–Trinajstić information content (AvgIpc) is 3.13. The van der Waals surface area contributed by atoms with Crippen molar-refractivity contribution in [2.45, 2.75) is 103 Å². The van der Waals surface area contributed by atoms with E-state index in [0.29, 0.717) is 18.3 Å². The largest absolute Gasteiger partial charge is 0.392 e. The normalized spacial score (nSPS) is 28.0. The maximum absolute atomic E-state index is 11.7. The highest BCUT2D eigenvalue weighted by Crippen LogP contribution is 2.48. The monoisotopic (exact) mass is 391 g/mol. The lowest BCUT2D eigenvalue weighted by Crippen LogP contribution is -2.29. The topological polar surface area (TPSA) is 69.6 Å². The highest BCUT2D eigenvalue weighted by atomic mass is 16.3. The zero-order chi connectivity index (χ0) is 20.5. The molecular formula is C24H41NO3. The molecule has 0 aromatic carbocycles. The smallest absolute Gasteiger partial charge is 0.220 e. The number of rotatable bonds is 12. The van der Waals surface area contributed by atoms with Gasteiger partial charge in [-0.1, -0.05) is 50.0 Å². The molecule has 0 saturated heterocycles. The lowest BCUT2D eigenvalue weighted by Gasteiger charge is -2.19. The van der Waals surface area contributed by atoms with Gasteiger partial charge in [0.1, 0.15) is 0 Å². The van der Waals surface area contributed by atoms with Crippen LogP contribution in [0.2, 0.25) is 0 Å². The van der Waals surface area contributed by atoms with Gasteiger partial charge in [-0.25, -0.2) is 0 Å². The second-order valence-corrected chi connectivity index (χ2v) is 9.11. The third kappa shape index (κ3) is 7.36. The minimum absolute atomic E-state index is 0.151. The summed E-state index contributed by atoms with van der Waals surface area (Å²) in [5.74, 6) is 1.27. The summed E-state index contributed by atoms with van der Waals surface area (Å²) in [4.78, 5) is 11.7. The summed E-state index contributed by atoms with van der Waals surface area (Å²) in [6, 6.07) is 0.214. The van der Waals surface area contributed by atoms with Crippen LogP contribution in [0.25, 0.3) is 0 Å². The molecule has 2 rings (SSSR count). The minimum Gasteiger partial charge on any atom is -0.392 e. The van der Waals surface area contributed by atoms with Gasteiger partial charge < -0.3 is 15.5 Å². The van der Waals surface area contributed by atoms with Gasteiger partial charge in [0.05, 0.1) is 12.2 Å². The number of hydrogen-bond acceptors (Lipinski definition) is 3. The molecule has 2 aliphatic carbocycles. The fourth-order valence-electron chi connectivity index (χ4n) is 4.78. The Morgan fingerprint density at radius 1 is 1.29 bits per heavy atom. The third-order valence-electron chi connectivity index (χ3n) is 6.21. The highest BCUT2D eigenvalue weighted by Gasteiger charge is 2.43. The average molecular weight is 392 g/mol. The van der Waals surface area contributed by atoms with E-state index in [9.17, 15) is 15.0 Å². The van der Waals surface area contributed by atoms with Crippen molar-refractivity contribution in [3.05, 3.63) is 23.8 Å². The zero-order valence-electron chi connectivity index (χ0n) is 18.1. The molecule has 0 aliphatic heterocycles. The fourth-order valence-corrected chi connectivity index (χ4v) is 4.78. The van der Waals surface area contributed by atoms with E-state index in [-0.39, 0.29) is 30.1 Å². The van der Waals surface area contributed by atoms with Crippen LogP contribution in [0, 0.1) is 17.8 Å². The number of amides is 1. The molecule has 160 valence electrons. The summed E-state index contributed by atoms with van der Waals surface area (Å²) in [6.07, 6.45) is 15.5. The van der Waals surface area contributed by atoms with Gasteiger partial charge in [0.2, 0.25) is 5.91 Å². The van der Waals surface area contributed by atoms with E-state index >= 15 is 0 Å². The van der Waals surface area contributed by atoms with E-state index in [1.807, 2.05) is 19.9 Å². The van der Waals surface area contributed by atoms with Crippen molar-refractivity contribution in [3.63, 3.8) is 0 Å². The number of unbranched alkanes of at least 4 members (excludes halogenated alkanes) is 3. The molecule has 0 radical (unpaired) electrons. The zero-order valence-corrected chi connectivity index (χ0v) is 18.1. The molecule has 4 nitrogen and oxygen atoms in total. The van der Waals surface area contributed by atoms with Crippen LogP contribution in [0.5, 0.6) is 0 Å². The van der Waals surface area contributed by atoms with Crippen LogP contribution < -0.4 is 5.32 Å². The van der Waals surface area contributed by atoms with Crippen LogP contribution in [0.3, 0.4) is 0 Å². The number of allylic oxidation sites excluding steroid dienone is 2. The Balaban J connectivity index is 1.73. The Kier molecular flexibility index (Phi) is 9.73. The number of carbonyl (C=O) groups is 1. The Hall–Kier alpha value is -1.13. The van der Waals surface area contributed by atoms with Gasteiger partial charge in [0, 0.05) is 18.4 Å². The highest BCUT2D eigenvalue weighted by molar-refractivity contribution is 5.76. The predicted molar refractivity (Wildman–Crippen MR) is 115 cm³/mol. The second kappa shape index (κ2) is 11.8. The molecule has 2 aliphatic rings. The Bertz CT molecular complexity index is 540. The van der Waals surface area contributed by atoms with Crippen LogP contribution in [0.1, 0.15) is 85.0 Å². The standard InChI is InChI=1S/C24H41NO3/c1-4-5-6-10-20(26)12-13-21-22-15-18(14-19(22)16-23(21)27)9-7-8-11-24(28)25-17(2)3/h12-14,17,19-23,26-27H,4-11,15-16H2,1-3H3,(H,25,28)/b13-12+/t19-,20-,21+,22-,23+/m0/s1. The molecule has 0 unspecified atom stereocenters. The van der Waals surface area contributed by atoms with Gasteiger partial charge in [0.25, 0.3) is 0 Å². The Morgan fingerprint density at radius 2 is 2.07 bits per heavy atom. The first kappa shape index (κ1) is 23.2. The molecule has 0 spiro atoms. The van der Waals surface area contributed by atoms with Gasteiger partial charge in [-0.3, -0.25) is 4.79 Å². The molecule has 0 aromatic heterocycles.